The van der Waals surface area contributed by atoms with Gasteiger partial charge in [0.25, 0.3) is 5.91 Å². The zero-order valence-electron chi connectivity index (χ0n) is 12.7. The van der Waals surface area contributed by atoms with Gasteiger partial charge in [-0.2, -0.15) is 0 Å². The molecule has 1 fully saturated rings. The second-order valence-electron chi connectivity index (χ2n) is 6.16. The molecule has 1 atom stereocenters. The van der Waals surface area contributed by atoms with Gasteiger partial charge in [0.2, 0.25) is 0 Å². The molecule has 0 radical (unpaired) electrons. The summed E-state index contributed by atoms with van der Waals surface area (Å²) in [5.74, 6) is 0.000141. The molecule has 0 bridgehead atoms. The van der Waals surface area contributed by atoms with E-state index in [4.69, 9.17) is 0 Å². The highest BCUT2D eigenvalue weighted by Gasteiger charge is 2.29. The number of carbonyl (C=O) groups is 1. The average molecular weight is 320 g/mol. The molecule has 0 spiro atoms. The maximum atomic E-state index is 12.3. The summed E-state index contributed by atoms with van der Waals surface area (Å²) in [5.41, 5.74) is 1.66. The topological polar surface area (TPSA) is 68.2 Å². The zero-order valence-corrected chi connectivity index (χ0v) is 13.6. The minimum Gasteiger partial charge on any atom is -0.348 e. The Hall–Kier alpha value is -1.82. The lowest BCUT2D eigenvalue weighted by Crippen LogP contribution is -2.35. The summed E-state index contributed by atoms with van der Waals surface area (Å²) in [7, 11) is -2.98. The monoisotopic (exact) mass is 320 g/mol. The first-order valence-corrected chi connectivity index (χ1v) is 9.30. The Morgan fingerprint density at radius 2 is 2.09 bits per heavy atom. The standard InChI is InChI=1S/C16H20N2O3S/c1-11(2)18-7-5-12-9-13(3-4-15(12)18)16(19)17-14-6-8-22(20,21)10-14/h3-5,7,9,11,14H,6,8,10H2,1-2H3,(H,17,19). The highest BCUT2D eigenvalue weighted by molar-refractivity contribution is 7.91. The molecule has 1 aliphatic rings. The van der Waals surface area contributed by atoms with E-state index in [9.17, 15) is 13.2 Å². The van der Waals surface area contributed by atoms with Crippen molar-refractivity contribution in [1.82, 2.24) is 9.88 Å². The lowest BCUT2D eigenvalue weighted by Gasteiger charge is -2.12. The molecule has 1 unspecified atom stereocenters. The second kappa shape index (κ2) is 5.43. The number of hydrogen-bond acceptors (Lipinski definition) is 3. The smallest absolute Gasteiger partial charge is 0.251 e. The molecule has 1 aromatic heterocycles. The van der Waals surface area contributed by atoms with Gasteiger partial charge in [0, 0.05) is 34.7 Å². The van der Waals surface area contributed by atoms with Gasteiger partial charge in [-0.3, -0.25) is 4.79 Å². The zero-order chi connectivity index (χ0) is 15.9. The lowest BCUT2D eigenvalue weighted by atomic mass is 10.1. The van der Waals surface area contributed by atoms with Crippen LogP contribution < -0.4 is 5.32 Å². The molecule has 2 heterocycles. The summed E-state index contributed by atoms with van der Waals surface area (Å²) in [4.78, 5) is 12.3. The number of benzene rings is 1. The second-order valence-corrected chi connectivity index (χ2v) is 8.39. The number of fused-ring (bicyclic) bond motifs is 1. The maximum Gasteiger partial charge on any atom is 0.251 e. The van der Waals surface area contributed by atoms with Crippen LogP contribution in [0.3, 0.4) is 0 Å². The molecule has 1 N–H and O–H groups in total. The summed E-state index contributed by atoms with van der Waals surface area (Å²) in [6.45, 7) is 4.22. The van der Waals surface area contributed by atoms with Crippen LogP contribution in [-0.4, -0.2) is 36.4 Å². The van der Waals surface area contributed by atoms with Crippen LogP contribution in [0.1, 0.15) is 36.7 Å². The molecule has 5 nitrogen and oxygen atoms in total. The molecule has 2 aromatic rings. The van der Waals surface area contributed by atoms with Crippen LogP contribution in [0.4, 0.5) is 0 Å². The van der Waals surface area contributed by atoms with Gasteiger partial charge >= 0.3 is 0 Å². The van der Waals surface area contributed by atoms with Crippen LogP contribution in [0, 0.1) is 0 Å². The van der Waals surface area contributed by atoms with E-state index in [0.29, 0.717) is 18.0 Å². The van der Waals surface area contributed by atoms with Crippen LogP contribution in [0.5, 0.6) is 0 Å². The van der Waals surface area contributed by atoms with E-state index in [0.717, 1.165) is 10.9 Å². The van der Waals surface area contributed by atoms with Crippen LogP contribution >= 0.6 is 0 Å². The molecule has 1 aliphatic heterocycles. The van der Waals surface area contributed by atoms with Crippen molar-refractivity contribution >= 4 is 26.6 Å². The van der Waals surface area contributed by atoms with Crippen molar-refractivity contribution in [2.75, 3.05) is 11.5 Å². The minimum atomic E-state index is -2.98. The van der Waals surface area contributed by atoms with Crippen molar-refractivity contribution in [2.24, 2.45) is 0 Å². The van der Waals surface area contributed by atoms with E-state index >= 15 is 0 Å². The molecule has 1 saturated heterocycles. The van der Waals surface area contributed by atoms with Crippen LogP contribution in [0.15, 0.2) is 30.5 Å². The number of hydrogen-bond donors (Lipinski definition) is 1. The largest absolute Gasteiger partial charge is 0.348 e. The van der Waals surface area contributed by atoms with E-state index < -0.39 is 9.84 Å². The predicted molar refractivity (Wildman–Crippen MR) is 86.8 cm³/mol. The Labute approximate surface area is 130 Å². The SMILES string of the molecule is CC(C)n1ccc2cc(C(=O)NC3CCS(=O)(=O)C3)ccc21. The number of amides is 1. The highest BCUT2D eigenvalue weighted by atomic mass is 32.2. The summed E-state index contributed by atoms with van der Waals surface area (Å²) in [5, 5.41) is 3.83. The molecule has 3 rings (SSSR count). The first-order chi connectivity index (χ1) is 10.4. The summed E-state index contributed by atoms with van der Waals surface area (Å²) < 4.78 is 25.0. The van der Waals surface area contributed by atoms with Gasteiger partial charge in [0.05, 0.1) is 11.5 Å². The first-order valence-electron chi connectivity index (χ1n) is 7.47. The van der Waals surface area contributed by atoms with Gasteiger partial charge in [0.1, 0.15) is 0 Å². The van der Waals surface area contributed by atoms with Crippen molar-refractivity contribution in [1.29, 1.82) is 0 Å². The highest BCUT2D eigenvalue weighted by Crippen LogP contribution is 2.21. The van der Waals surface area contributed by atoms with Crippen molar-refractivity contribution in [3.63, 3.8) is 0 Å². The van der Waals surface area contributed by atoms with E-state index in [2.05, 4.69) is 23.7 Å². The first kappa shape index (κ1) is 15.1. The van der Waals surface area contributed by atoms with Crippen molar-refractivity contribution in [3.05, 3.63) is 36.0 Å². The van der Waals surface area contributed by atoms with Crippen molar-refractivity contribution < 1.29 is 13.2 Å². The molecule has 6 heteroatoms. The van der Waals surface area contributed by atoms with E-state index in [1.807, 2.05) is 24.4 Å². The molecular formula is C16H20N2O3S. The Kier molecular flexibility index (Phi) is 3.72. The molecule has 0 saturated carbocycles. The van der Waals surface area contributed by atoms with Crippen LogP contribution in [-0.2, 0) is 9.84 Å². The number of rotatable bonds is 3. The van der Waals surface area contributed by atoms with E-state index in [1.165, 1.54) is 0 Å². The summed E-state index contributed by atoms with van der Waals surface area (Å²) in [6, 6.07) is 7.67. The fraction of sp³-hybridized carbons (Fsp3) is 0.438. The minimum absolute atomic E-state index is 0.0463. The maximum absolute atomic E-state index is 12.3. The predicted octanol–water partition coefficient (Wildman–Crippen LogP) is 2.14. The Balaban J connectivity index is 1.80. The summed E-state index contributed by atoms with van der Waals surface area (Å²) in [6.07, 6.45) is 2.51. The lowest BCUT2D eigenvalue weighted by molar-refractivity contribution is 0.0941. The molecule has 118 valence electrons. The quantitative estimate of drug-likeness (QED) is 0.942. The summed E-state index contributed by atoms with van der Waals surface area (Å²) >= 11 is 0. The normalized spacial score (nSPS) is 20.6. The number of aromatic nitrogens is 1. The molecular weight excluding hydrogens is 300 g/mol. The third kappa shape index (κ3) is 2.88. The molecule has 1 aromatic carbocycles. The van der Waals surface area contributed by atoms with Gasteiger partial charge in [-0.05, 0) is 44.5 Å². The third-order valence-electron chi connectivity index (χ3n) is 4.11. The van der Waals surface area contributed by atoms with Gasteiger partial charge in [-0.15, -0.1) is 0 Å². The fourth-order valence-corrected chi connectivity index (χ4v) is 4.61. The number of nitrogens with zero attached hydrogens (tertiary/aromatic N) is 1. The van der Waals surface area contributed by atoms with Crippen LogP contribution in [0.2, 0.25) is 0 Å². The van der Waals surface area contributed by atoms with E-state index in [-0.39, 0.29) is 23.5 Å². The number of sulfone groups is 1. The molecule has 1 amide bonds. The Bertz CT molecular complexity index is 821. The van der Waals surface area contributed by atoms with Gasteiger partial charge < -0.3 is 9.88 Å². The van der Waals surface area contributed by atoms with Gasteiger partial charge in [-0.1, -0.05) is 0 Å². The molecule has 22 heavy (non-hydrogen) atoms. The van der Waals surface area contributed by atoms with Crippen molar-refractivity contribution in [3.8, 4) is 0 Å². The van der Waals surface area contributed by atoms with Gasteiger partial charge in [-0.25, -0.2) is 8.42 Å². The van der Waals surface area contributed by atoms with Crippen LogP contribution in [0.25, 0.3) is 10.9 Å². The van der Waals surface area contributed by atoms with Crippen molar-refractivity contribution in [2.45, 2.75) is 32.4 Å². The number of nitrogens with one attached hydrogen (secondary N) is 1. The molecule has 0 aliphatic carbocycles. The Morgan fingerprint density at radius 3 is 2.73 bits per heavy atom. The third-order valence-corrected chi connectivity index (χ3v) is 5.87. The average Bonchev–Trinajstić information content (AvgIpc) is 3.01. The van der Waals surface area contributed by atoms with Gasteiger partial charge in [0.15, 0.2) is 9.84 Å². The fourth-order valence-electron chi connectivity index (χ4n) is 2.93. The van der Waals surface area contributed by atoms with E-state index in [1.54, 1.807) is 6.07 Å². The number of carbonyl (C=O) groups excluding carboxylic acids is 1. The Morgan fingerprint density at radius 1 is 1.32 bits per heavy atom.